The van der Waals surface area contributed by atoms with Crippen LogP contribution < -0.4 is 0 Å². The summed E-state index contributed by atoms with van der Waals surface area (Å²) in [6, 6.07) is 0. The Hall–Kier alpha value is -0.790. The van der Waals surface area contributed by atoms with Crippen LogP contribution in [-0.2, 0) is 4.79 Å². The van der Waals surface area contributed by atoms with E-state index in [-0.39, 0.29) is 11.3 Å². The van der Waals surface area contributed by atoms with Crippen molar-refractivity contribution in [2.75, 3.05) is 0 Å². The predicted octanol–water partition coefficient (Wildman–Crippen LogP) is 4.90. The summed E-state index contributed by atoms with van der Waals surface area (Å²) >= 11 is 0. The molecule has 0 aromatic heterocycles. The molecular weight excluding hydrogens is 284 g/mol. The first-order valence-electron chi connectivity index (χ1n) is 9.83. The second kappa shape index (κ2) is 4.24. The fourth-order valence-corrected chi connectivity index (χ4v) is 8.72. The molecule has 0 aliphatic heterocycles. The van der Waals surface area contributed by atoms with Gasteiger partial charge in [-0.3, -0.25) is 4.79 Å². The molecule has 3 unspecified atom stereocenters. The molecule has 0 spiro atoms. The van der Waals surface area contributed by atoms with E-state index in [1.165, 1.54) is 38.5 Å². The van der Waals surface area contributed by atoms with Crippen molar-refractivity contribution < 1.29 is 9.90 Å². The summed E-state index contributed by atoms with van der Waals surface area (Å²) in [6.45, 7) is 4.34. The topological polar surface area (TPSA) is 37.3 Å². The van der Waals surface area contributed by atoms with Gasteiger partial charge >= 0.3 is 5.97 Å². The maximum atomic E-state index is 12.6. The van der Waals surface area contributed by atoms with E-state index in [1.807, 2.05) is 0 Å². The molecule has 6 bridgehead atoms. The molecule has 0 aromatic rings. The van der Waals surface area contributed by atoms with Crippen LogP contribution in [0.1, 0.15) is 65.2 Å². The molecule has 0 heterocycles. The Kier molecular flexibility index (Phi) is 2.68. The van der Waals surface area contributed by atoms with E-state index < -0.39 is 11.4 Å². The van der Waals surface area contributed by atoms with E-state index in [0.717, 1.165) is 30.6 Å². The van der Waals surface area contributed by atoms with Crippen LogP contribution in [0.5, 0.6) is 0 Å². The lowest BCUT2D eigenvalue weighted by Crippen LogP contribution is -2.61. The third-order valence-corrected chi connectivity index (χ3v) is 8.97. The molecule has 5 saturated carbocycles. The molecule has 0 amide bonds. The maximum Gasteiger partial charge on any atom is 0.310 e. The highest BCUT2D eigenvalue weighted by Gasteiger charge is 2.73. The summed E-state index contributed by atoms with van der Waals surface area (Å²) in [6.07, 6.45) is 15.1. The summed E-state index contributed by atoms with van der Waals surface area (Å²) < 4.78 is 0. The van der Waals surface area contributed by atoms with E-state index in [0.29, 0.717) is 11.3 Å². The van der Waals surface area contributed by atoms with E-state index >= 15 is 0 Å². The first kappa shape index (κ1) is 14.5. The number of aliphatic carboxylic acids is 1. The first-order valence-corrected chi connectivity index (χ1v) is 9.83. The minimum absolute atomic E-state index is 0.0549. The van der Waals surface area contributed by atoms with Gasteiger partial charge < -0.3 is 5.11 Å². The van der Waals surface area contributed by atoms with Gasteiger partial charge in [0.25, 0.3) is 0 Å². The molecule has 6 aliphatic carbocycles. The number of carboxylic acids is 1. The van der Waals surface area contributed by atoms with Crippen LogP contribution >= 0.6 is 0 Å². The van der Waals surface area contributed by atoms with Crippen molar-refractivity contribution in [1.82, 2.24) is 0 Å². The van der Waals surface area contributed by atoms with E-state index in [1.54, 1.807) is 0 Å². The van der Waals surface area contributed by atoms with Gasteiger partial charge in [0, 0.05) is 5.41 Å². The van der Waals surface area contributed by atoms with Gasteiger partial charge in [-0.1, -0.05) is 26.0 Å². The molecular formula is C21H30O2. The Morgan fingerprint density at radius 3 is 2.00 bits per heavy atom. The highest BCUT2D eigenvalue weighted by Crippen LogP contribution is 2.78. The van der Waals surface area contributed by atoms with Gasteiger partial charge in [0.05, 0.1) is 5.41 Å². The second-order valence-electron chi connectivity index (χ2n) is 10.1. The van der Waals surface area contributed by atoms with E-state index in [9.17, 15) is 9.90 Å². The molecule has 1 N–H and O–H groups in total. The third kappa shape index (κ3) is 1.50. The standard InChI is InChI=1S/C21H30O2/c1-13(2)21(18(22)23)12-14-3-4-20(21,11-14)19-8-15-5-16(9-19)7-17(6-15)10-19/h3-4,13-17H,5-12H2,1-2H3,(H,22,23). The molecule has 6 rings (SSSR count). The molecule has 2 nitrogen and oxygen atoms in total. The van der Waals surface area contributed by atoms with Crippen molar-refractivity contribution in [2.24, 2.45) is 45.8 Å². The van der Waals surface area contributed by atoms with E-state index in [4.69, 9.17) is 0 Å². The van der Waals surface area contributed by atoms with Gasteiger partial charge in [0.2, 0.25) is 0 Å². The largest absolute Gasteiger partial charge is 0.481 e. The van der Waals surface area contributed by atoms with Crippen LogP contribution in [0, 0.1) is 45.8 Å². The summed E-state index contributed by atoms with van der Waals surface area (Å²) in [7, 11) is 0. The highest BCUT2D eigenvalue weighted by molar-refractivity contribution is 5.78. The van der Waals surface area contributed by atoms with Crippen molar-refractivity contribution in [1.29, 1.82) is 0 Å². The molecule has 2 heteroatoms. The average molecular weight is 314 g/mol. The highest BCUT2D eigenvalue weighted by atomic mass is 16.4. The Morgan fingerprint density at radius 2 is 1.57 bits per heavy atom. The van der Waals surface area contributed by atoms with Crippen LogP contribution in [-0.4, -0.2) is 11.1 Å². The lowest BCUT2D eigenvalue weighted by atomic mass is 9.37. The third-order valence-electron chi connectivity index (χ3n) is 8.97. The minimum atomic E-state index is -0.516. The lowest BCUT2D eigenvalue weighted by Gasteiger charge is -2.66. The van der Waals surface area contributed by atoms with Gasteiger partial charge in [0.15, 0.2) is 0 Å². The van der Waals surface area contributed by atoms with Crippen LogP contribution in [0.3, 0.4) is 0 Å². The molecule has 23 heavy (non-hydrogen) atoms. The quantitative estimate of drug-likeness (QED) is 0.753. The van der Waals surface area contributed by atoms with Gasteiger partial charge in [-0.25, -0.2) is 0 Å². The molecule has 126 valence electrons. The fraction of sp³-hybridized carbons (Fsp3) is 0.857. The van der Waals surface area contributed by atoms with Gasteiger partial charge in [-0.15, -0.1) is 0 Å². The second-order valence-corrected chi connectivity index (χ2v) is 10.1. The summed E-state index contributed by atoms with van der Waals surface area (Å²) in [5.74, 6) is 2.91. The Balaban J connectivity index is 1.68. The zero-order chi connectivity index (χ0) is 16.0. The Bertz CT molecular complexity index is 553. The minimum Gasteiger partial charge on any atom is -0.481 e. The van der Waals surface area contributed by atoms with Crippen molar-refractivity contribution >= 4 is 5.97 Å². The van der Waals surface area contributed by atoms with Crippen LogP contribution in [0.2, 0.25) is 0 Å². The average Bonchev–Trinajstić information content (AvgIpc) is 3.03. The van der Waals surface area contributed by atoms with Crippen LogP contribution in [0.25, 0.3) is 0 Å². The van der Waals surface area contributed by atoms with Crippen molar-refractivity contribution in [3.8, 4) is 0 Å². The maximum absolute atomic E-state index is 12.6. The molecule has 5 fully saturated rings. The van der Waals surface area contributed by atoms with Crippen molar-refractivity contribution in [2.45, 2.75) is 65.2 Å². The normalized spacial score (nSPS) is 56.0. The number of rotatable bonds is 3. The van der Waals surface area contributed by atoms with E-state index in [2.05, 4.69) is 26.0 Å². The lowest BCUT2D eigenvalue weighted by molar-refractivity contribution is -0.187. The monoisotopic (exact) mass is 314 g/mol. The number of fused-ring (bicyclic) bond motifs is 2. The van der Waals surface area contributed by atoms with Gasteiger partial charge in [0.1, 0.15) is 0 Å². The Morgan fingerprint density at radius 1 is 1.00 bits per heavy atom. The van der Waals surface area contributed by atoms with Crippen LogP contribution in [0.4, 0.5) is 0 Å². The first-order chi connectivity index (χ1) is 10.9. The molecule has 0 saturated heterocycles. The molecule has 3 atom stereocenters. The Labute approximate surface area is 139 Å². The number of hydrogen-bond donors (Lipinski definition) is 1. The van der Waals surface area contributed by atoms with Crippen molar-refractivity contribution in [3.63, 3.8) is 0 Å². The molecule has 6 aliphatic rings. The summed E-state index contributed by atoms with van der Waals surface area (Å²) in [4.78, 5) is 12.6. The number of carboxylic acid groups (broad SMARTS) is 1. The molecule has 0 aromatic carbocycles. The predicted molar refractivity (Wildman–Crippen MR) is 89.8 cm³/mol. The molecule has 0 radical (unpaired) electrons. The number of hydrogen-bond acceptors (Lipinski definition) is 1. The number of allylic oxidation sites excluding steroid dienone is 2. The summed E-state index contributed by atoms with van der Waals surface area (Å²) in [5, 5.41) is 10.4. The smallest absolute Gasteiger partial charge is 0.310 e. The SMILES string of the molecule is CC(C)C1(C(=O)O)CC2C=CC1(C13CC4CC(CC(C4)C1)C3)C2. The van der Waals surface area contributed by atoms with Crippen LogP contribution in [0.15, 0.2) is 12.2 Å². The van der Waals surface area contributed by atoms with Gasteiger partial charge in [-0.05, 0) is 86.4 Å². The zero-order valence-corrected chi connectivity index (χ0v) is 14.6. The van der Waals surface area contributed by atoms with Gasteiger partial charge in [-0.2, -0.15) is 0 Å². The fourth-order valence-electron chi connectivity index (χ4n) is 8.72. The summed E-state index contributed by atoms with van der Waals surface area (Å²) in [5.41, 5.74) is -0.273. The zero-order valence-electron chi connectivity index (χ0n) is 14.6. The van der Waals surface area contributed by atoms with Crippen molar-refractivity contribution in [3.05, 3.63) is 12.2 Å². The number of carbonyl (C=O) groups is 1.